The predicted octanol–water partition coefficient (Wildman–Crippen LogP) is 2.80. The van der Waals surface area contributed by atoms with Gasteiger partial charge in [0.1, 0.15) is 12.4 Å². The van der Waals surface area contributed by atoms with E-state index in [1.54, 1.807) is 0 Å². The van der Waals surface area contributed by atoms with Gasteiger partial charge in [-0.15, -0.1) is 0 Å². The highest BCUT2D eigenvalue weighted by Gasteiger charge is 2.23. The minimum absolute atomic E-state index is 0.00649. The van der Waals surface area contributed by atoms with Crippen molar-refractivity contribution in [1.82, 2.24) is 4.90 Å². The molecule has 0 unspecified atom stereocenters. The molecular formula is C23H25N3O3. The summed E-state index contributed by atoms with van der Waals surface area (Å²) in [7, 11) is 0. The Kier molecular flexibility index (Phi) is 5.62. The quantitative estimate of drug-likeness (QED) is 0.821. The van der Waals surface area contributed by atoms with Crippen LogP contribution in [0.2, 0.25) is 0 Å². The first kappa shape index (κ1) is 19.2. The lowest BCUT2D eigenvalue weighted by Crippen LogP contribution is -2.38. The second-order valence-corrected chi connectivity index (χ2v) is 7.60. The number of amides is 2. The molecule has 2 aromatic rings. The number of rotatable bonds is 5. The van der Waals surface area contributed by atoms with Crippen LogP contribution in [0.15, 0.2) is 54.1 Å². The Bertz CT molecular complexity index is 946. The molecule has 6 heteroatoms. The fraction of sp³-hybridized carbons (Fsp3) is 0.304. The highest BCUT2D eigenvalue weighted by molar-refractivity contribution is 6.07. The first-order valence-electron chi connectivity index (χ1n) is 9.93. The number of carbonyl (C=O) groups is 2. The van der Waals surface area contributed by atoms with Gasteiger partial charge in [-0.3, -0.25) is 14.5 Å². The normalized spacial score (nSPS) is 17.0. The number of piperidine rings is 1. The Morgan fingerprint density at radius 2 is 1.90 bits per heavy atom. The number of carbonyl (C=O) groups excluding carboxylic acids is 2. The van der Waals surface area contributed by atoms with Gasteiger partial charge in [-0.1, -0.05) is 30.3 Å². The molecule has 2 amide bonds. The summed E-state index contributed by atoms with van der Waals surface area (Å²) in [6.07, 6.45) is 3.49. The molecule has 150 valence electrons. The molecule has 0 atom stereocenters. The van der Waals surface area contributed by atoms with E-state index in [0.717, 1.165) is 55.0 Å². The highest BCUT2D eigenvalue weighted by Crippen LogP contribution is 2.26. The number of nitrogens with zero attached hydrogens (tertiary/aromatic N) is 1. The van der Waals surface area contributed by atoms with Crippen LogP contribution in [0.3, 0.4) is 0 Å². The molecule has 2 heterocycles. The zero-order valence-electron chi connectivity index (χ0n) is 16.3. The van der Waals surface area contributed by atoms with Crippen LogP contribution in [0.1, 0.15) is 24.0 Å². The maximum absolute atomic E-state index is 12.7. The second-order valence-electron chi connectivity index (χ2n) is 7.60. The molecule has 0 aliphatic carbocycles. The van der Waals surface area contributed by atoms with Gasteiger partial charge >= 0.3 is 0 Å². The van der Waals surface area contributed by atoms with Crippen LogP contribution in [-0.2, 0) is 16.1 Å². The molecule has 0 bridgehead atoms. The smallest absolute Gasteiger partial charge is 0.255 e. The molecule has 2 aliphatic rings. The van der Waals surface area contributed by atoms with Crippen LogP contribution >= 0.6 is 0 Å². The van der Waals surface area contributed by atoms with Gasteiger partial charge < -0.3 is 15.8 Å². The van der Waals surface area contributed by atoms with E-state index in [9.17, 15) is 9.59 Å². The molecule has 2 aromatic carbocycles. The number of likely N-dealkylation sites (tertiary alicyclic amines) is 1. The first-order chi connectivity index (χ1) is 14.1. The van der Waals surface area contributed by atoms with E-state index in [1.165, 1.54) is 0 Å². The van der Waals surface area contributed by atoms with Crippen LogP contribution in [-0.4, -0.2) is 36.4 Å². The molecule has 29 heavy (non-hydrogen) atoms. The van der Waals surface area contributed by atoms with Gasteiger partial charge in [0.05, 0.1) is 5.57 Å². The molecule has 0 aromatic heterocycles. The van der Waals surface area contributed by atoms with Crippen molar-refractivity contribution in [2.24, 2.45) is 11.7 Å². The summed E-state index contributed by atoms with van der Waals surface area (Å²) in [4.78, 5) is 26.3. The molecule has 1 fully saturated rings. The van der Waals surface area contributed by atoms with Gasteiger partial charge in [0.15, 0.2) is 0 Å². The fourth-order valence-electron chi connectivity index (χ4n) is 3.84. The van der Waals surface area contributed by atoms with Crippen molar-refractivity contribution in [1.29, 1.82) is 0 Å². The lowest BCUT2D eigenvalue weighted by Gasteiger charge is -2.30. The molecule has 0 radical (unpaired) electrons. The maximum atomic E-state index is 12.7. The Labute approximate surface area is 170 Å². The molecule has 3 N–H and O–H groups in total. The van der Waals surface area contributed by atoms with E-state index in [4.69, 9.17) is 10.5 Å². The van der Waals surface area contributed by atoms with Crippen molar-refractivity contribution in [2.45, 2.75) is 19.4 Å². The van der Waals surface area contributed by atoms with E-state index < -0.39 is 0 Å². The number of nitrogens with two attached hydrogens (primary N) is 1. The number of anilines is 1. The molecule has 1 saturated heterocycles. The molecule has 0 spiro atoms. The number of nitrogens with one attached hydrogen (secondary N) is 1. The van der Waals surface area contributed by atoms with Gasteiger partial charge in [-0.05, 0) is 55.8 Å². The van der Waals surface area contributed by atoms with Crippen molar-refractivity contribution in [3.05, 3.63) is 65.2 Å². The van der Waals surface area contributed by atoms with E-state index >= 15 is 0 Å². The number of ether oxygens (including phenoxy) is 1. The van der Waals surface area contributed by atoms with Gasteiger partial charge in [-0.2, -0.15) is 0 Å². The standard InChI is InChI=1S/C23H25N3O3/c24-22(27)17-8-10-26(11-9-17)14-16-4-3-6-20(12-16)25-23(28)19-13-18-5-1-2-7-21(18)29-15-19/h1-7,12-13,17H,8-11,14-15H2,(H2,24,27)(H,25,28). The minimum atomic E-state index is -0.196. The summed E-state index contributed by atoms with van der Waals surface area (Å²) in [5.74, 6) is 0.441. The number of hydrogen-bond donors (Lipinski definition) is 2. The van der Waals surface area contributed by atoms with Gasteiger partial charge in [0.2, 0.25) is 5.91 Å². The van der Waals surface area contributed by atoms with Gasteiger partial charge in [-0.25, -0.2) is 0 Å². The molecule has 0 saturated carbocycles. The summed E-state index contributed by atoms with van der Waals surface area (Å²) < 4.78 is 5.68. The molecule has 6 nitrogen and oxygen atoms in total. The van der Waals surface area contributed by atoms with E-state index in [-0.39, 0.29) is 24.3 Å². The zero-order chi connectivity index (χ0) is 20.2. The average molecular weight is 391 g/mol. The number of para-hydroxylation sites is 1. The maximum Gasteiger partial charge on any atom is 0.255 e. The van der Waals surface area contributed by atoms with Crippen molar-refractivity contribution >= 4 is 23.6 Å². The number of benzene rings is 2. The summed E-state index contributed by atoms with van der Waals surface area (Å²) in [6, 6.07) is 15.6. The van der Waals surface area contributed by atoms with Crippen molar-refractivity contribution in [2.75, 3.05) is 25.0 Å². The molecule has 4 rings (SSSR count). The Morgan fingerprint density at radius 1 is 1.10 bits per heavy atom. The lowest BCUT2D eigenvalue weighted by atomic mass is 9.96. The minimum Gasteiger partial charge on any atom is -0.488 e. The van der Waals surface area contributed by atoms with Crippen molar-refractivity contribution in [3.8, 4) is 5.75 Å². The third kappa shape index (κ3) is 4.66. The average Bonchev–Trinajstić information content (AvgIpc) is 2.74. The molecule has 2 aliphatic heterocycles. The van der Waals surface area contributed by atoms with E-state index in [1.807, 2.05) is 48.5 Å². The Morgan fingerprint density at radius 3 is 2.69 bits per heavy atom. The zero-order valence-corrected chi connectivity index (χ0v) is 16.3. The summed E-state index contributed by atoms with van der Waals surface area (Å²) in [6.45, 7) is 2.76. The Balaban J connectivity index is 1.38. The predicted molar refractivity (Wildman–Crippen MR) is 112 cm³/mol. The number of fused-ring (bicyclic) bond motifs is 1. The second kappa shape index (κ2) is 8.49. The summed E-state index contributed by atoms with van der Waals surface area (Å²) >= 11 is 0. The van der Waals surface area contributed by atoms with Crippen LogP contribution in [0.5, 0.6) is 5.75 Å². The SMILES string of the molecule is NC(=O)C1CCN(Cc2cccc(NC(=O)C3=Cc4ccccc4OC3)c2)CC1. The molecular weight excluding hydrogens is 366 g/mol. The van der Waals surface area contributed by atoms with Gasteiger partial charge in [0.25, 0.3) is 5.91 Å². The van der Waals surface area contributed by atoms with Crippen LogP contribution in [0.25, 0.3) is 6.08 Å². The van der Waals surface area contributed by atoms with Crippen LogP contribution < -0.4 is 15.8 Å². The lowest BCUT2D eigenvalue weighted by molar-refractivity contribution is -0.123. The summed E-state index contributed by atoms with van der Waals surface area (Å²) in [5, 5.41) is 2.98. The van der Waals surface area contributed by atoms with E-state index in [2.05, 4.69) is 16.3 Å². The van der Waals surface area contributed by atoms with Crippen molar-refractivity contribution < 1.29 is 14.3 Å². The monoisotopic (exact) mass is 391 g/mol. The number of hydrogen-bond acceptors (Lipinski definition) is 4. The van der Waals surface area contributed by atoms with Crippen molar-refractivity contribution in [3.63, 3.8) is 0 Å². The van der Waals surface area contributed by atoms with Gasteiger partial charge in [0, 0.05) is 23.7 Å². The highest BCUT2D eigenvalue weighted by atomic mass is 16.5. The largest absolute Gasteiger partial charge is 0.488 e. The fourth-order valence-corrected chi connectivity index (χ4v) is 3.84. The summed E-state index contributed by atoms with van der Waals surface area (Å²) in [5.41, 5.74) is 8.81. The number of primary amides is 1. The Hall–Kier alpha value is -3.12. The topological polar surface area (TPSA) is 84.7 Å². The first-order valence-corrected chi connectivity index (χ1v) is 9.93. The third-order valence-corrected chi connectivity index (χ3v) is 5.50. The van der Waals surface area contributed by atoms with E-state index in [0.29, 0.717) is 5.57 Å². The van der Waals surface area contributed by atoms with Crippen LogP contribution in [0.4, 0.5) is 5.69 Å². The van der Waals surface area contributed by atoms with Crippen LogP contribution in [0, 0.1) is 5.92 Å². The third-order valence-electron chi connectivity index (χ3n) is 5.50.